The van der Waals surface area contributed by atoms with Crippen LogP contribution in [0.25, 0.3) is 0 Å². The number of hydrazone groups is 1. The van der Waals surface area contributed by atoms with Crippen LogP contribution in [0.5, 0.6) is 0 Å². The maximum absolute atomic E-state index is 13.2. The van der Waals surface area contributed by atoms with Crippen molar-refractivity contribution in [1.82, 2.24) is 5.43 Å². The number of hydrogen-bond donors (Lipinski definition) is 1. The van der Waals surface area contributed by atoms with Gasteiger partial charge in [-0.3, -0.25) is 9.10 Å². The SMILES string of the molecule is O=C(CN(c1cccc(Br)c1)S(=O)(=O)c1ccccc1)NN=Cc1ccc(I)cc1. The van der Waals surface area contributed by atoms with Gasteiger partial charge >= 0.3 is 0 Å². The molecular weight excluding hydrogens is 581 g/mol. The van der Waals surface area contributed by atoms with Crippen LogP contribution in [0.2, 0.25) is 0 Å². The normalized spacial score (nSPS) is 11.4. The molecule has 1 amide bonds. The van der Waals surface area contributed by atoms with Gasteiger partial charge in [0.1, 0.15) is 6.54 Å². The summed E-state index contributed by atoms with van der Waals surface area (Å²) in [7, 11) is -3.95. The molecule has 9 heteroatoms. The number of anilines is 1. The highest BCUT2D eigenvalue weighted by Crippen LogP contribution is 2.26. The summed E-state index contributed by atoms with van der Waals surface area (Å²) in [6, 6.07) is 22.3. The lowest BCUT2D eigenvalue weighted by molar-refractivity contribution is -0.119. The van der Waals surface area contributed by atoms with Crippen molar-refractivity contribution in [2.45, 2.75) is 4.90 Å². The van der Waals surface area contributed by atoms with Crippen molar-refractivity contribution in [3.05, 3.63) is 92.5 Å². The van der Waals surface area contributed by atoms with Gasteiger partial charge in [-0.15, -0.1) is 0 Å². The summed E-state index contributed by atoms with van der Waals surface area (Å²) in [5.41, 5.74) is 3.58. The summed E-state index contributed by atoms with van der Waals surface area (Å²) < 4.78 is 29.2. The van der Waals surface area contributed by atoms with Gasteiger partial charge in [0.25, 0.3) is 15.9 Å². The van der Waals surface area contributed by atoms with Crippen LogP contribution in [0, 0.1) is 3.57 Å². The van der Waals surface area contributed by atoms with E-state index in [9.17, 15) is 13.2 Å². The maximum Gasteiger partial charge on any atom is 0.264 e. The standard InChI is InChI=1S/C21H17BrIN3O3S/c22-17-5-4-6-19(13-17)26(30(28,29)20-7-2-1-3-8-20)15-21(27)25-24-14-16-9-11-18(23)12-10-16/h1-14H,15H2,(H,25,27). The number of sulfonamides is 1. The summed E-state index contributed by atoms with van der Waals surface area (Å²) in [5.74, 6) is -0.559. The molecule has 0 saturated heterocycles. The van der Waals surface area contributed by atoms with Crippen molar-refractivity contribution < 1.29 is 13.2 Å². The van der Waals surface area contributed by atoms with Crippen LogP contribution in [-0.4, -0.2) is 27.1 Å². The number of amides is 1. The van der Waals surface area contributed by atoms with E-state index < -0.39 is 22.5 Å². The zero-order valence-corrected chi connectivity index (χ0v) is 20.1. The Kier molecular flexibility index (Phi) is 7.62. The first-order valence-corrected chi connectivity index (χ1v) is 12.1. The molecule has 0 aromatic heterocycles. The second-order valence-corrected chi connectivity index (χ2v) is 10.2. The van der Waals surface area contributed by atoms with Crippen molar-refractivity contribution >= 4 is 66.4 Å². The molecule has 3 rings (SSSR count). The fourth-order valence-corrected chi connectivity index (χ4v) is 4.74. The van der Waals surface area contributed by atoms with E-state index in [4.69, 9.17) is 0 Å². The molecule has 0 spiro atoms. The monoisotopic (exact) mass is 597 g/mol. The van der Waals surface area contributed by atoms with Gasteiger partial charge in [-0.2, -0.15) is 5.10 Å². The van der Waals surface area contributed by atoms with Crippen molar-refractivity contribution in [3.63, 3.8) is 0 Å². The van der Waals surface area contributed by atoms with Crippen molar-refractivity contribution in [3.8, 4) is 0 Å². The highest BCUT2D eigenvalue weighted by Gasteiger charge is 2.27. The van der Waals surface area contributed by atoms with Crippen LogP contribution < -0.4 is 9.73 Å². The van der Waals surface area contributed by atoms with E-state index in [0.29, 0.717) is 10.2 Å². The molecular formula is C21H17BrIN3O3S. The molecule has 1 N–H and O–H groups in total. The van der Waals surface area contributed by atoms with E-state index in [2.05, 4.69) is 49.0 Å². The molecule has 0 aliphatic carbocycles. The van der Waals surface area contributed by atoms with Gasteiger partial charge in [0.2, 0.25) is 0 Å². The molecule has 0 atom stereocenters. The molecule has 0 radical (unpaired) electrons. The van der Waals surface area contributed by atoms with Crippen LogP contribution >= 0.6 is 38.5 Å². The molecule has 0 saturated carbocycles. The van der Waals surface area contributed by atoms with Gasteiger partial charge in [-0.25, -0.2) is 13.8 Å². The first-order chi connectivity index (χ1) is 14.4. The lowest BCUT2D eigenvalue weighted by atomic mass is 10.2. The molecule has 3 aromatic rings. The van der Waals surface area contributed by atoms with Crippen LogP contribution in [-0.2, 0) is 14.8 Å². The summed E-state index contributed by atoms with van der Waals surface area (Å²) >= 11 is 5.54. The number of carbonyl (C=O) groups excluding carboxylic acids is 1. The number of halogens is 2. The Hall–Kier alpha value is -2.24. The fraction of sp³-hybridized carbons (Fsp3) is 0.0476. The number of nitrogens with one attached hydrogen (secondary N) is 1. The van der Waals surface area contributed by atoms with E-state index in [-0.39, 0.29) is 4.90 Å². The van der Waals surface area contributed by atoms with E-state index in [0.717, 1.165) is 13.4 Å². The third kappa shape index (κ3) is 5.89. The van der Waals surface area contributed by atoms with Crippen LogP contribution in [0.1, 0.15) is 5.56 Å². The molecule has 0 fully saturated rings. The predicted molar refractivity (Wildman–Crippen MR) is 130 cm³/mol. The number of benzene rings is 3. The lowest BCUT2D eigenvalue weighted by Crippen LogP contribution is -2.39. The summed E-state index contributed by atoms with van der Waals surface area (Å²) in [5, 5.41) is 3.93. The minimum absolute atomic E-state index is 0.0974. The second kappa shape index (κ2) is 10.2. The smallest absolute Gasteiger partial charge is 0.264 e. The molecule has 0 bridgehead atoms. The molecule has 154 valence electrons. The van der Waals surface area contributed by atoms with Gasteiger partial charge in [-0.05, 0) is 70.6 Å². The Morgan fingerprint density at radius 1 is 1.03 bits per heavy atom. The summed E-state index contributed by atoms with van der Waals surface area (Å²) in [6.07, 6.45) is 1.50. The average Bonchev–Trinajstić information content (AvgIpc) is 2.74. The predicted octanol–water partition coefficient (Wildman–Crippen LogP) is 4.40. The second-order valence-electron chi connectivity index (χ2n) is 6.15. The maximum atomic E-state index is 13.2. The lowest BCUT2D eigenvalue weighted by Gasteiger charge is -2.23. The van der Waals surface area contributed by atoms with Gasteiger partial charge in [0.05, 0.1) is 16.8 Å². The van der Waals surface area contributed by atoms with Gasteiger partial charge in [0, 0.05) is 8.04 Å². The fourth-order valence-electron chi connectivity index (χ4n) is 2.56. The van der Waals surface area contributed by atoms with E-state index >= 15 is 0 Å². The number of nitrogens with zero attached hydrogens (tertiary/aromatic N) is 2. The van der Waals surface area contributed by atoms with Crippen LogP contribution in [0.4, 0.5) is 5.69 Å². The highest BCUT2D eigenvalue weighted by molar-refractivity contribution is 14.1. The van der Waals surface area contributed by atoms with Crippen molar-refractivity contribution in [1.29, 1.82) is 0 Å². The Bertz CT molecular complexity index is 1150. The summed E-state index contributed by atoms with van der Waals surface area (Å²) in [6.45, 7) is -0.419. The molecule has 0 heterocycles. The largest absolute Gasteiger partial charge is 0.271 e. The molecule has 6 nitrogen and oxygen atoms in total. The van der Waals surface area contributed by atoms with Crippen molar-refractivity contribution in [2.24, 2.45) is 5.10 Å². The zero-order chi connectivity index (χ0) is 21.6. The minimum Gasteiger partial charge on any atom is -0.271 e. The quantitative estimate of drug-likeness (QED) is 0.249. The van der Waals surface area contributed by atoms with Crippen LogP contribution in [0.15, 0.2) is 93.3 Å². The zero-order valence-electron chi connectivity index (χ0n) is 15.6. The van der Waals surface area contributed by atoms with Gasteiger partial charge in [-0.1, -0.05) is 52.3 Å². The highest BCUT2D eigenvalue weighted by atomic mass is 127. The number of hydrogen-bond acceptors (Lipinski definition) is 4. The Labute approximate surface area is 197 Å². The minimum atomic E-state index is -3.95. The number of rotatable bonds is 7. The summed E-state index contributed by atoms with van der Waals surface area (Å²) in [4.78, 5) is 12.6. The molecule has 0 aliphatic heterocycles. The Morgan fingerprint density at radius 2 is 1.73 bits per heavy atom. The van der Waals surface area contributed by atoms with Gasteiger partial charge < -0.3 is 0 Å². The first-order valence-electron chi connectivity index (χ1n) is 8.77. The number of carbonyl (C=O) groups is 1. The van der Waals surface area contributed by atoms with Crippen molar-refractivity contribution in [2.75, 3.05) is 10.8 Å². The van der Waals surface area contributed by atoms with E-state index in [1.807, 2.05) is 24.3 Å². The van der Waals surface area contributed by atoms with Crippen LogP contribution in [0.3, 0.4) is 0 Å². The molecule has 0 unspecified atom stereocenters. The van der Waals surface area contributed by atoms with E-state index in [1.165, 1.54) is 18.3 Å². The van der Waals surface area contributed by atoms with E-state index in [1.54, 1.807) is 42.5 Å². The Balaban J connectivity index is 1.82. The topological polar surface area (TPSA) is 78.8 Å². The Morgan fingerprint density at radius 3 is 2.40 bits per heavy atom. The van der Waals surface area contributed by atoms with Gasteiger partial charge in [0.15, 0.2) is 0 Å². The molecule has 30 heavy (non-hydrogen) atoms. The molecule has 3 aromatic carbocycles. The third-order valence-electron chi connectivity index (χ3n) is 3.99. The average molecular weight is 598 g/mol. The third-order valence-corrected chi connectivity index (χ3v) is 6.99. The first kappa shape index (κ1) is 22.4. The molecule has 0 aliphatic rings.